The molecule has 0 aliphatic carbocycles. The van der Waals surface area contributed by atoms with E-state index in [1.807, 2.05) is 0 Å². The van der Waals surface area contributed by atoms with Crippen molar-refractivity contribution in [2.75, 3.05) is 0 Å². The van der Waals surface area contributed by atoms with Crippen LogP contribution in [0.15, 0.2) is 28.9 Å². The summed E-state index contributed by atoms with van der Waals surface area (Å²) in [5.41, 5.74) is 0.957. The van der Waals surface area contributed by atoms with Crippen molar-refractivity contribution >= 4 is 12.0 Å². The molecule has 0 spiro atoms. The number of carbonyl (C=O) groups excluding carboxylic acids is 1. The molecule has 0 N–H and O–H groups in total. The molecule has 2 nitrogen and oxygen atoms in total. The summed E-state index contributed by atoms with van der Waals surface area (Å²) < 4.78 is 0. The van der Waals surface area contributed by atoms with Gasteiger partial charge < -0.3 is 0 Å². The number of hydrogen-bond acceptors (Lipinski definition) is 2. The maximum atomic E-state index is 11.3. The van der Waals surface area contributed by atoms with Crippen LogP contribution in [0.3, 0.4) is 0 Å². The van der Waals surface area contributed by atoms with Crippen molar-refractivity contribution in [2.24, 2.45) is 16.8 Å². The Kier molecular flexibility index (Phi) is 8.17. The average Bonchev–Trinajstić information content (AvgIpc) is 2.42. The van der Waals surface area contributed by atoms with Crippen LogP contribution in [0.5, 0.6) is 0 Å². The Morgan fingerprint density at radius 1 is 1.25 bits per heavy atom. The van der Waals surface area contributed by atoms with Crippen LogP contribution in [-0.4, -0.2) is 12.0 Å². The van der Waals surface area contributed by atoms with Gasteiger partial charge in [0, 0.05) is 24.4 Å². The van der Waals surface area contributed by atoms with Crippen molar-refractivity contribution in [3.63, 3.8) is 0 Å². The van der Waals surface area contributed by atoms with Crippen LogP contribution in [-0.2, 0) is 4.79 Å². The Balaban J connectivity index is 2.25. The highest BCUT2D eigenvalue weighted by Crippen LogP contribution is 2.25. The van der Waals surface area contributed by atoms with Crippen LogP contribution in [0, 0.1) is 11.8 Å². The van der Waals surface area contributed by atoms with Crippen LogP contribution >= 0.6 is 0 Å². The number of nitrogens with zero attached hydrogens (tertiary/aromatic N) is 1. The third kappa shape index (κ3) is 6.83. The van der Waals surface area contributed by atoms with Crippen LogP contribution in [0.2, 0.25) is 0 Å². The lowest BCUT2D eigenvalue weighted by atomic mass is 9.87. The molecule has 1 aliphatic rings. The molecule has 0 saturated heterocycles. The van der Waals surface area contributed by atoms with Gasteiger partial charge in [-0.1, -0.05) is 45.8 Å². The molecule has 0 bridgehead atoms. The van der Waals surface area contributed by atoms with Crippen molar-refractivity contribution < 1.29 is 4.79 Å². The molecule has 2 unspecified atom stereocenters. The summed E-state index contributed by atoms with van der Waals surface area (Å²) in [5.74, 6) is 1.43. The number of hydrogen-bond donors (Lipinski definition) is 0. The second-order valence-corrected chi connectivity index (χ2v) is 5.97. The van der Waals surface area contributed by atoms with Gasteiger partial charge in [-0.3, -0.25) is 9.79 Å². The lowest BCUT2D eigenvalue weighted by molar-refractivity contribution is -0.113. The van der Waals surface area contributed by atoms with Gasteiger partial charge in [0.15, 0.2) is 5.78 Å². The monoisotopic (exact) mass is 275 g/mol. The van der Waals surface area contributed by atoms with E-state index in [1.54, 1.807) is 12.3 Å². The lowest BCUT2D eigenvalue weighted by Crippen LogP contribution is -2.10. The Hall–Kier alpha value is -1.18. The van der Waals surface area contributed by atoms with E-state index in [1.165, 1.54) is 25.7 Å². The first kappa shape index (κ1) is 16.9. The molecule has 112 valence electrons. The van der Waals surface area contributed by atoms with Crippen molar-refractivity contribution in [1.29, 1.82) is 0 Å². The van der Waals surface area contributed by atoms with Crippen molar-refractivity contribution in [3.05, 3.63) is 23.9 Å². The molecule has 2 atom stereocenters. The second kappa shape index (κ2) is 9.68. The van der Waals surface area contributed by atoms with Gasteiger partial charge in [-0.05, 0) is 37.5 Å². The minimum absolute atomic E-state index is 0.189. The minimum Gasteiger partial charge on any atom is -0.294 e. The van der Waals surface area contributed by atoms with E-state index in [0.717, 1.165) is 18.5 Å². The summed E-state index contributed by atoms with van der Waals surface area (Å²) in [6.07, 6.45) is 15.6. The number of rotatable bonds is 9. The zero-order valence-electron chi connectivity index (χ0n) is 13.3. The largest absolute Gasteiger partial charge is 0.294 e. The van der Waals surface area contributed by atoms with Gasteiger partial charge in [0.05, 0.1) is 0 Å². The second-order valence-electron chi connectivity index (χ2n) is 5.97. The van der Waals surface area contributed by atoms with Gasteiger partial charge in [-0.25, -0.2) is 0 Å². The molecule has 20 heavy (non-hydrogen) atoms. The fraction of sp³-hybridized carbons (Fsp3) is 0.667. The molecule has 1 aliphatic heterocycles. The van der Waals surface area contributed by atoms with Crippen molar-refractivity contribution in [3.8, 4) is 0 Å². The molecule has 1 heterocycles. The summed E-state index contributed by atoms with van der Waals surface area (Å²) in [7, 11) is 0. The van der Waals surface area contributed by atoms with Crippen molar-refractivity contribution in [1.82, 2.24) is 0 Å². The summed E-state index contributed by atoms with van der Waals surface area (Å²) in [4.78, 5) is 15.7. The number of aliphatic imine (C=N–C) groups is 1. The summed E-state index contributed by atoms with van der Waals surface area (Å²) in [6.45, 7) is 6.80. The standard InChI is InChI=1S/C18H29NO/c1-4-5-6-7-8-9-10-15(2)16(3)13-17-14-18(20)11-12-19-17/h7-8,12,14-16H,4-6,9-11,13H2,1-3H3. The van der Waals surface area contributed by atoms with E-state index >= 15 is 0 Å². The Morgan fingerprint density at radius 2 is 2.00 bits per heavy atom. The number of ketones is 1. The lowest BCUT2D eigenvalue weighted by Gasteiger charge is -2.20. The van der Waals surface area contributed by atoms with Gasteiger partial charge >= 0.3 is 0 Å². The SMILES string of the molecule is CCCCC=CCCC(C)C(C)CC1=CC(=O)CC=N1. The Bertz CT molecular complexity index is 379. The van der Waals surface area contributed by atoms with E-state index < -0.39 is 0 Å². The zero-order chi connectivity index (χ0) is 14.8. The number of unbranched alkanes of at least 4 members (excludes halogenated alkanes) is 2. The summed E-state index contributed by atoms with van der Waals surface area (Å²) >= 11 is 0. The van der Waals surface area contributed by atoms with E-state index in [0.29, 0.717) is 18.3 Å². The highest BCUT2D eigenvalue weighted by molar-refractivity contribution is 6.01. The zero-order valence-corrected chi connectivity index (χ0v) is 13.3. The van der Waals surface area contributed by atoms with Gasteiger partial charge in [-0.2, -0.15) is 0 Å². The molecular formula is C18H29NO. The van der Waals surface area contributed by atoms with Crippen LogP contribution in [0.25, 0.3) is 0 Å². The fourth-order valence-corrected chi connectivity index (χ4v) is 2.38. The molecule has 1 rings (SSSR count). The van der Waals surface area contributed by atoms with Crippen LogP contribution < -0.4 is 0 Å². The van der Waals surface area contributed by atoms with Gasteiger partial charge in [0.25, 0.3) is 0 Å². The number of carbonyl (C=O) groups is 1. The van der Waals surface area contributed by atoms with E-state index in [2.05, 4.69) is 37.9 Å². The topological polar surface area (TPSA) is 29.4 Å². The highest BCUT2D eigenvalue weighted by Gasteiger charge is 2.15. The van der Waals surface area contributed by atoms with Gasteiger partial charge in [-0.15, -0.1) is 0 Å². The molecule has 2 heteroatoms. The first-order valence-corrected chi connectivity index (χ1v) is 8.04. The molecule has 0 radical (unpaired) electrons. The number of allylic oxidation sites excluding steroid dienone is 4. The fourth-order valence-electron chi connectivity index (χ4n) is 2.38. The summed E-state index contributed by atoms with van der Waals surface area (Å²) in [6, 6.07) is 0. The maximum absolute atomic E-state index is 11.3. The van der Waals surface area contributed by atoms with E-state index in [-0.39, 0.29) is 5.78 Å². The maximum Gasteiger partial charge on any atom is 0.162 e. The normalized spacial score (nSPS) is 18.4. The molecule has 0 aromatic carbocycles. The van der Waals surface area contributed by atoms with Crippen LogP contribution in [0.1, 0.15) is 65.7 Å². The smallest absolute Gasteiger partial charge is 0.162 e. The molecule has 0 amide bonds. The van der Waals surface area contributed by atoms with Gasteiger partial charge in [0.2, 0.25) is 0 Å². The molecular weight excluding hydrogens is 246 g/mol. The molecule has 0 fully saturated rings. The Morgan fingerprint density at radius 3 is 2.70 bits per heavy atom. The third-order valence-electron chi connectivity index (χ3n) is 4.06. The first-order valence-electron chi connectivity index (χ1n) is 8.04. The van der Waals surface area contributed by atoms with Crippen LogP contribution in [0.4, 0.5) is 0 Å². The molecule has 0 aromatic rings. The molecule has 0 saturated carbocycles. The Labute approximate surface area is 124 Å². The van der Waals surface area contributed by atoms with Crippen molar-refractivity contribution in [2.45, 2.75) is 65.7 Å². The van der Waals surface area contributed by atoms with E-state index in [9.17, 15) is 4.79 Å². The van der Waals surface area contributed by atoms with Gasteiger partial charge in [0.1, 0.15) is 0 Å². The molecule has 0 aromatic heterocycles. The quantitative estimate of drug-likeness (QED) is 0.425. The predicted molar refractivity (Wildman–Crippen MR) is 87.0 cm³/mol. The third-order valence-corrected chi connectivity index (χ3v) is 4.06. The predicted octanol–water partition coefficient (Wildman–Crippen LogP) is 5.10. The minimum atomic E-state index is 0.189. The highest BCUT2D eigenvalue weighted by atomic mass is 16.1. The average molecular weight is 275 g/mol. The summed E-state index contributed by atoms with van der Waals surface area (Å²) in [5, 5.41) is 0. The first-order chi connectivity index (χ1) is 9.63. The van der Waals surface area contributed by atoms with E-state index in [4.69, 9.17) is 0 Å².